The fraction of sp³-hybridized carbons (Fsp3) is 0.667. The van der Waals surface area contributed by atoms with Gasteiger partial charge in [0, 0.05) is 32.5 Å². The topological polar surface area (TPSA) is 88.1 Å². The summed E-state index contributed by atoms with van der Waals surface area (Å²) in [7, 11) is 0. The SMILES string of the molecule is CCCn1c(SCC(=O)N2CCC(=O)CC2)n[nH]c1=O. The number of nitrogens with one attached hydrogen (secondary N) is 1. The zero-order valence-corrected chi connectivity index (χ0v) is 12.2. The van der Waals surface area contributed by atoms with Crippen LogP contribution in [0.15, 0.2) is 9.95 Å². The van der Waals surface area contributed by atoms with Crippen molar-refractivity contribution in [3.05, 3.63) is 10.5 Å². The lowest BCUT2D eigenvalue weighted by Crippen LogP contribution is -2.39. The van der Waals surface area contributed by atoms with Gasteiger partial charge in [0.1, 0.15) is 5.78 Å². The largest absolute Gasteiger partial charge is 0.343 e. The first kappa shape index (κ1) is 14.8. The summed E-state index contributed by atoms with van der Waals surface area (Å²) < 4.78 is 1.54. The first-order valence-corrected chi connectivity index (χ1v) is 7.68. The van der Waals surface area contributed by atoms with E-state index in [2.05, 4.69) is 10.2 Å². The van der Waals surface area contributed by atoms with Gasteiger partial charge in [0.2, 0.25) is 5.91 Å². The number of Topliss-reactive ketones (excluding diaryl/α,β-unsaturated/α-hetero) is 1. The van der Waals surface area contributed by atoms with E-state index in [4.69, 9.17) is 0 Å². The van der Waals surface area contributed by atoms with Crippen LogP contribution in [0.5, 0.6) is 0 Å². The molecule has 0 aliphatic carbocycles. The van der Waals surface area contributed by atoms with Gasteiger partial charge in [-0.15, -0.1) is 5.10 Å². The fourth-order valence-corrected chi connectivity index (χ4v) is 2.93. The molecule has 1 fully saturated rings. The summed E-state index contributed by atoms with van der Waals surface area (Å²) in [6.45, 7) is 3.56. The van der Waals surface area contributed by atoms with E-state index in [9.17, 15) is 14.4 Å². The van der Waals surface area contributed by atoms with Gasteiger partial charge in [-0.1, -0.05) is 18.7 Å². The van der Waals surface area contributed by atoms with E-state index in [0.29, 0.717) is 37.6 Å². The maximum absolute atomic E-state index is 12.0. The van der Waals surface area contributed by atoms with Crippen LogP contribution >= 0.6 is 11.8 Å². The number of amides is 1. The van der Waals surface area contributed by atoms with Crippen LogP contribution in [0.2, 0.25) is 0 Å². The Kier molecular flexibility index (Phi) is 4.99. The Hall–Kier alpha value is -1.57. The Labute approximate surface area is 120 Å². The molecule has 20 heavy (non-hydrogen) atoms. The summed E-state index contributed by atoms with van der Waals surface area (Å²) in [5.41, 5.74) is -0.245. The molecular formula is C12H18N4O3S. The van der Waals surface area contributed by atoms with Crippen LogP contribution in [0.25, 0.3) is 0 Å². The second-order valence-corrected chi connectivity index (χ2v) is 5.61. The number of carbonyl (C=O) groups excluding carboxylic acids is 2. The lowest BCUT2D eigenvalue weighted by Gasteiger charge is -2.25. The van der Waals surface area contributed by atoms with Crippen molar-refractivity contribution in [3.8, 4) is 0 Å². The molecule has 2 heterocycles. The lowest BCUT2D eigenvalue weighted by atomic mass is 10.1. The molecule has 8 heteroatoms. The highest BCUT2D eigenvalue weighted by Gasteiger charge is 2.21. The van der Waals surface area contributed by atoms with Gasteiger partial charge in [0.25, 0.3) is 0 Å². The molecule has 1 aliphatic heterocycles. The zero-order chi connectivity index (χ0) is 14.5. The molecule has 1 saturated heterocycles. The van der Waals surface area contributed by atoms with E-state index < -0.39 is 0 Å². The highest BCUT2D eigenvalue weighted by atomic mass is 32.2. The van der Waals surface area contributed by atoms with E-state index in [-0.39, 0.29) is 23.1 Å². The third-order valence-electron chi connectivity index (χ3n) is 3.17. The summed E-state index contributed by atoms with van der Waals surface area (Å²) >= 11 is 1.25. The second-order valence-electron chi connectivity index (χ2n) is 4.67. The maximum Gasteiger partial charge on any atom is 0.343 e. The van der Waals surface area contributed by atoms with Crippen LogP contribution in [0.3, 0.4) is 0 Å². The molecule has 0 unspecified atom stereocenters. The van der Waals surface area contributed by atoms with Gasteiger partial charge in [0.05, 0.1) is 5.75 Å². The number of carbonyl (C=O) groups is 2. The van der Waals surface area contributed by atoms with Crippen LogP contribution in [0, 0.1) is 0 Å². The summed E-state index contributed by atoms with van der Waals surface area (Å²) in [5, 5.41) is 6.87. The summed E-state index contributed by atoms with van der Waals surface area (Å²) in [6, 6.07) is 0. The van der Waals surface area contributed by atoms with Crippen LogP contribution in [0.1, 0.15) is 26.2 Å². The predicted octanol–water partition coefficient (Wildman–Crippen LogP) is 0.265. The van der Waals surface area contributed by atoms with E-state index in [1.54, 1.807) is 4.90 Å². The van der Waals surface area contributed by atoms with Crippen molar-refractivity contribution < 1.29 is 9.59 Å². The third kappa shape index (κ3) is 3.50. The van der Waals surface area contributed by atoms with Crippen LogP contribution in [-0.4, -0.2) is 50.2 Å². The van der Waals surface area contributed by atoms with Crippen LogP contribution in [-0.2, 0) is 16.1 Å². The molecule has 0 bridgehead atoms. The number of thioether (sulfide) groups is 1. The Bertz CT molecular complexity index is 541. The maximum atomic E-state index is 12.0. The quantitative estimate of drug-likeness (QED) is 0.788. The standard InChI is InChI=1S/C12H18N4O3S/c1-2-5-16-11(19)13-14-12(16)20-8-10(18)15-6-3-9(17)4-7-15/h2-8H2,1H3,(H,13,19). The highest BCUT2D eigenvalue weighted by Crippen LogP contribution is 2.15. The van der Waals surface area contributed by atoms with Crippen molar-refractivity contribution in [2.24, 2.45) is 0 Å². The number of nitrogens with zero attached hydrogens (tertiary/aromatic N) is 3. The molecule has 0 radical (unpaired) electrons. The van der Waals surface area contributed by atoms with E-state index in [0.717, 1.165) is 6.42 Å². The van der Waals surface area contributed by atoms with Crippen molar-refractivity contribution in [2.45, 2.75) is 37.9 Å². The van der Waals surface area contributed by atoms with Gasteiger partial charge in [-0.2, -0.15) is 0 Å². The number of ketones is 1. The van der Waals surface area contributed by atoms with Gasteiger partial charge < -0.3 is 4.90 Å². The molecule has 1 aromatic rings. The minimum absolute atomic E-state index is 0.0130. The van der Waals surface area contributed by atoms with E-state index >= 15 is 0 Å². The van der Waals surface area contributed by atoms with Crippen molar-refractivity contribution in [1.29, 1.82) is 0 Å². The Balaban J connectivity index is 1.90. The van der Waals surface area contributed by atoms with Gasteiger partial charge in [0.15, 0.2) is 5.16 Å². The van der Waals surface area contributed by atoms with Gasteiger partial charge in [-0.05, 0) is 6.42 Å². The van der Waals surface area contributed by atoms with Gasteiger partial charge >= 0.3 is 5.69 Å². The van der Waals surface area contributed by atoms with Crippen molar-refractivity contribution in [2.75, 3.05) is 18.8 Å². The predicted molar refractivity (Wildman–Crippen MR) is 74.7 cm³/mol. The summed E-state index contributed by atoms with van der Waals surface area (Å²) in [4.78, 5) is 36.4. The number of hydrogen-bond donors (Lipinski definition) is 1. The number of H-pyrrole nitrogens is 1. The van der Waals surface area contributed by atoms with Crippen molar-refractivity contribution >= 4 is 23.5 Å². The fourth-order valence-electron chi connectivity index (χ4n) is 2.06. The number of hydrogen-bond acceptors (Lipinski definition) is 5. The Morgan fingerprint density at radius 1 is 1.35 bits per heavy atom. The first-order chi connectivity index (χ1) is 9.61. The molecule has 7 nitrogen and oxygen atoms in total. The molecule has 1 N–H and O–H groups in total. The number of likely N-dealkylation sites (tertiary alicyclic amines) is 1. The minimum Gasteiger partial charge on any atom is -0.341 e. The van der Waals surface area contributed by atoms with Crippen molar-refractivity contribution in [3.63, 3.8) is 0 Å². The molecule has 0 spiro atoms. The average molecular weight is 298 g/mol. The zero-order valence-electron chi connectivity index (χ0n) is 11.4. The molecule has 0 atom stereocenters. The Morgan fingerprint density at radius 3 is 2.70 bits per heavy atom. The molecule has 1 aliphatic rings. The number of piperidine rings is 1. The number of aromatic nitrogens is 3. The van der Waals surface area contributed by atoms with Crippen LogP contribution < -0.4 is 5.69 Å². The monoisotopic (exact) mass is 298 g/mol. The van der Waals surface area contributed by atoms with Crippen molar-refractivity contribution in [1.82, 2.24) is 19.7 Å². The molecule has 0 saturated carbocycles. The molecule has 0 aromatic carbocycles. The molecular weight excluding hydrogens is 280 g/mol. The third-order valence-corrected chi connectivity index (χ3v) is 4.13. The molecule has 1 amide bonds. The number of rotatable bonds is 5. The minimum atomic E-state index is -0.245. The normalized spacial score (nSPS) is 15.7. The van der Waals surface area contributed by atoms with Crippen LogP contribution in [0.4, 0.5) is 0 Å². The van der Waals surface area contributed by atoms with Gasteiger partial charge in [-0.25, -0.2) is 9.89 Å². The molecule has 1 aromatic heterocycles. The average Bonchev–Trinajstić information content (AvgIpc) is 2.79. The molecule has 110 valence electrons. The smallest absolute Gasteiger partial charge is 0.341 e. The van der Waals surface area contributed by atoms with E-state index in [1.807, 2.05) is 6.92 Å². The lowest BCUT2D eigenvalue weighted by molar-refractivity contribution is -0.132. The van der Waals surface area contributed by atoms with Gasteiger partial charge in [-0.3, -0.25) is 14.2 Å². The highest BCUT2D eigenvalue weighted by molar-refractivity contribution is 7.99. The van der Waals surface area contributed by atoms with E-state index in [1.165, 1.54) is 16.3 Å². The summed E-state index contributed by atoms with van der Waals surface area (Å²) in [6.07, 6.45) is 1.72. The number of aromatic amines is 1. The summed E-state index contributed by atoms with van der Waals surface area (Å²) in [5.74, 6) is 0.439. The molecule has 2 rings (SSSR count). The first-order valence-electron chi connectivity index (χ1n) is 6.69. The second kappa shape index (κ2) is 6.74. The Morgan fingerprint density at radius 2 is 2.05 bits per heavy atom.